The molecule has 6 nitrogen and oxygen atoms in total. The molecule has 1 unspecified atom stereocenters. The van der Waals surface area contributed by atoms with Crippen LogP contribution in [0, 0.1) is 10.1 Å². The van der Waals surface area contributed by atoms with E-state index in [0.717, 1.165) is 12.0 Å². The van der Waals surface area contributed by atoms with E-state index in [-0.39, 0.29) is 11.7 Å². The molecule has 19 heavy (non-hydrogen) atoms. The van der Waals surface area contributed by atoms with Gasteiger partial charge in [0.15, 0.2) is 0 Å². The van der Waals surface area contributed by atoms with Gasteiger partial charge in [-0.2, -0.15) is 5.10 Å². The highest BCUT2D eigenvalue weighted by atomic mass is 16.6. The van der Waals surface area contributed by atoms with Crippen molar-refractivity contribution >= 4 is 11.4 Å². The maximum Gasteiger partial charge on any atom is 0.269 e. The van der Waals surface area contributed by atoms with Gasteiger partial charge in [0.2, 0.25) is 0 Å². The minimum atomic E-state index is -0.426. The summed E-state index contributed by atoms with van der Waals surface area (Å²) in [5.74, 6) is 0. The number of nitrogens with zero attached hydrogens (tertiary/aromatic N) is 3. The molecule has 2 N–H and O–H groups in total. The first kappa shape index (κ1) is 13.1. The van der Waals surface area contributed by atoms with Crippen molar-refractivity contribution in [2.75, 3.05) is 5.73 Å². The molecule has 1 heterocycles. The average Bonchev–Trinajstić information content (AvgIpc) is 2.80. The molecular weight excluding hydrogens is 244 g/mol. The van der Waals surface area contributed by atoms with Crippen molar-refractivity contribution < 1.29 is 4.92 Å². The molecule has 0 aliphatic heterocycles. The van der Waals surface area contributed by atoms with E-state index < -0.39 is 4.92 Å². The van der Waals surface area contributed by atoms with Crippen molar-refractivity contribution in [2.45, 2.75) is 26.3 Å². The highest BCUT2D eigenvalue weighted by molar-refractivity contribution is 5.72. The lowest BCUT2D eigenvalue weighted by Gasteiger charge is -2.07. The Morgan fingerprint density at radius 1 is 1.42 bits per heavy atom. The Bertz CT molecular complexity index is 589. The molecule has 1 atom stereocenters. The third-order valence-electron chi connectivity index (χ3n) is 3.15. The zero-order chi connectivity index (χ0) is 14.0. The molecule has 0 aliphatic carbocycles. The third kappa shape index (κ3) is 2.57. The predicted octanol–water partition coefficient (Wildman–Crippen LogP) is 3.01. The lowest BCUT2D eigenvalue weighted by molar-refractivity contribution is -0.384. The first-order chi connectivity index (χ1) is 9.02. The van der Waals surface area contributed by atoms with Crippen LogP contribution < -0.4 is 5.73 Å². The molecule has 2 rings (SSSR count). The van der Waals surface area contributed by atoms with E-state index in [0.29, 0.717) is 11.4 Å². The van der Waals surface area contributed by atoms with Gasteiger partial charge in [0.05, 0.1) is 10.6 Å². The number of anilines is 1. The van der Waals surface area contributed by atoms with Crippen molar-refractivity contribution in [3.63, 3.8) is 0 Å². The molecule has 1 aromatic carbocycles. The lowest BCUT2D eigenvalue weighted by Crippen LogP contribution is -2.04. The fraction of sp³-hybridized carbons (Fsp3) is 0.308. The van der Waals surface area contributed by atoms with Crippen LogP contribution in [-0.4, -0.2) is 14.7 Å². The van der Waals surface area contributed by atoms with Gasteiger partial charge in [-0.25, -0.2) is 0 Å². The standard InChI is InChI=1S/C13H16N4O2/c1-3-9(2)16-8-12(14)13(15-16)10-4-6-11(7-5-10)17(18)19/h4-9H,3,14H2,1-2H3. The summed E-state index contributed by atoms with van der Waals surface area (Å²) in [4.78, 5) is 10.2. The quantitative estimate of drug-likeness (QED) is 0.676. The highest BCUT2D eigenvalue weighted by Gasteiger charge is 2.13. The summed E-state index contributed by atoms with van der Waals surface area (Å²) < 4.78 is 1.83. The molecule has 100 valence electrons. The number of nitrogen functional groups attached to an aromatic ring is 1. The summed E-state index contributed by atoms with van der Waals surface area (Å²) in [5, 5.41) is 15.1. The van der Waals surface area contributed by atoms with Gasteiger partial charge in [0.25, 0.3) is 5.69 Å². The Hall–Kier alpha value is -2.37. The number of rotatable bonds is 4. The monoisotopic (exact) mass is 260 g/mol. The fourth-order valence-corrected chi connectivity index (χ4v) is 1.78. The molecular formula is C13H16N4O2. The Balaban J connectivity index is 2.36. The molecule has 1 aromatic heterocycles. The Kier molecular flexibility index (Phi) is 3.50. The maximum absolute atomic E-state index is 10.6. The molecule has 0 saturated heterocycles. The van der Waals surface area contributed by atoms with Gasteiger partial charge >= 0.3 is 0 Å². The zero-order valence-electron chi connectivity index (χ0n) is 10.9. The van der Waals surface area contributed by atoms with E-state index in [1.165, 1.54) is 12.1 Å². The number of non-ortho nitro benzene ring substituents is 1. The van der Waals surface area contributed by atoms with Crippen LogP contribution in [0.25, 0.3) is 11.3 Å². The van der Waals surface area contributed by atoms with Gasteiger partial charge in [0, 0.05) is 29.9 Å². The Morgan fingerprint density at radius 3 is 2.58 bits per heavy atom. The Morgan fingerprint density at radius 2 is 2.05 bits per heavy atom. The number of hydrogen-bond donors (Lipinski definition) is 1. The summed E-state index contributed by atoms with van der Waals surface area (Å²) in [5.41, 5.74) is 8.03. The highest BCUT2D eigenvalue weighted by Crippen LogP contribution is 2.27. The van der Waals surface area contributed by atoms with Crippen molar-refractivity contribution in [3.05, 3.63) is 40.6 Å². The zero-order valence-corrected chi connectivity index (χ0v) is 10.9. The summed E-state index contributed by atoms with van der Waals surface area (Å²) in [6, 6.07) is 6.51. The summed E-state index contributed by atoms with van der Waals surface area (Å²) in [7, 11) is 0. The minimum absolute atomic E-state index is 0.0590. The summed E-state index contributed by atoms with van der Waals surface area (Å²) in [6.45, 7) is 4.14. The van der Waals surface area contributed by atoms with Crippen molar-refractivity contribution in [1.82, 2.24) is 9.78 Å². The molecule has 0 amide bonds. The molecule has 0 fully saturated rings. The van der Waals surface area contributed by atoms with Crippen molar-refractivity contribution in [2.24, 2.45) is 0 Å². The number of aromatic nitrogens is 2. The van der Waals surface area contributed by atoms with Crippen LogP contribution in [0.3, 0.4) is 0 Å². The van der Waals surface area contributed by atoms with Gasteiger partial charge in [0.1, 0.15) is 5.69 Å². The predicted molar refractivity (Wildman–Crippen MR) is 73.7 cm³/mol. The molecule has 2 aromatic rings. The van der Waals surface area contributed by atoms with Crippen LogP contribution in [0.4, 0.5) is 11.4 Å². The molecule has 0 radical (unpaired) electrons. The number of nitro groups is 1. The van der Waals surface area contributed by atoms with E-state index in [9.17, 15) is 10.1 Å². The van der Waals surface area contributed by atoms with Crippen molar-refractivity contribution in [1.29, 1.82) is 0 Å². The maximum atomic E-state index is 10.6. The van der Waals surface area contributed by atoms with E-state index in [1.807, 2.05) is 4.68 Å². The molecule has 6 heteroatoms. The topological polar surface area (TPSA) is 87.0 Å². The smallest absolute Gasteiger partial charge is 0.269 e. The van der Waals surface area contributed by atoms with E-state index in [1.54, 1.807) is 18.3 Å². The number of nitro benzene ring substituents is 1. The Labute approximate surface area is 111 Å². The van der Waals surface area contributed by atoms with Crippen LogP contribution in [-0.2, 0) is 0 Å². The molecule has 0 bridgehead atoms. The van der Waals surface area contributed by atoms with Gasteiger partial charge in [-0.1, -0.05) is 6.92 Å². The molecule has 0 spiro atoms. The number of benzene rings is 1. The second-order valence-corrected chi connectivity index (χ2v) is 4.47. The molecule has 0 saturated carbocycles. The number of hydrogen-bond acceptors (Lipinski definition) is 4. The lowest BCUT2D eigenvalue weighted by atomic mass is 10.1. The van der Waals surface area contributed by atoms with Crippen LogP contribution >= 0.6 is 0 Å². The first-order valence-corrected chi connectivity index (χ1v) is 6.12. The average molecular weight is 260 g/mol. The number of nitrogens with two attached hydrogens (primary N) is 1. The molecule has 0 aliphatic rings. The minimum Gasteiger partial charge on any atom is -0.396 e. The van der Waals surface area contributed by atoms with Crippen LogP contribution in [0.5, 0.6) is 0 Å². The van der Waals surface area contributed by atoms with E-state index in [2.05, 4.69) is 18.9 Å². The van der Waals surface area contributed by atoms with Crippen molar-refractivity contribution in [3.8, 4) is 11.3 Å². The SMILES string of the molecule is CCC(C)n1cc(N)c(-c2ccc([N+](=O)[O-])cc2)n1. The second kappa shape index (κ2) is 5.09. The summed E-state index contributed by atoms with van der Waals surface area (Å²) >= 11 is 0. The first-order valence-electron chi connectivity index (χ1n) is 6.12. The van der Waals surface area contributed by atoms with Crippen LogP contribution in [0.1, 0.15) is 26.3 Å². The van der Waals surface area contributed by atoms with Gasteiger partial charge in [-0.05, 0) is 25.5 Å². The second-order valence-electron chi connectivity index (χ2n) is 4.47. The van der Waals surface area contributed by atoms with Crippen LogP contribution in [0.15, 0.2) is 30.5 Å². The third-order valence-corrected chi connectivity index (χ3v) is 3.15. The van der Waals surface area contributed by atoms with Gasteiger partial charge < -0.3 is 5.73 Å². The fourth-order valence-electron chi connectivity index (χ4n) is 1.78. The van der Waals surface area contributed by atoms with E-state index >= 15 is 0 Å². The summed E-state index contributed by atoms with van der Waals surface area (Å²) in [6.07, 6.45) is 2.76. The normalized spacial score (nSPS) is 12.3. The van der Waals surface area contributed by atoms with Gasteiger partial charge in [-0.15, -0.1) is 0 Å². The van der Waals surface area contributed by atoms with Gasteiger partial charge in [-0.3, -0.25) is 14.8 Å². The largest absolute Gasteiger partial charge is 0.396 e. The van der Waals surface area contributed by atoms with E-state index in [4.69, 9.17) is 5.73 Å². The van der Waals surface area contributed by atoms with Crippen LogP contribution in [0.2, 0.25) is 0 Å².